The Morgan fingerprint density at radius 3 is 2.45 bits per heavy atom. The SMILES string of the molecule is Cl.N[C@H](c1cc2c(cc1Cl)OCO2)[C@@H](O)Cc1ccccc1. The molecule has 3 N–H and O–H groups in total. The van der Waals surface area contributed by atoms with Crippen molar-refractivity contribution in [2.75, 3.05) is 6.79 Å². The topological polar surface area (TPSA) is 64.7 Å². The molecule has 3 rings (SSSR count). The Bertz CT molecular complexity index is 637. The third-order valence-electron chi connectivity index (χ3n) is 3.55. The lowest BCUT2D eigenvalue weighted by Gasteiger charge is -2.20. The molecule has 2 aromatic carbocycles. The first-order valence-electron chi connectivity index (χ1n) is 6.72. The van der Waals surface area contributed by atoms with Crippen LogP contribution in [0.2, 0.25) is 5.02 Å². The van der Waals surface area contributed by atoms with E-state index < -0.39 is 12.1 Å². The van der Waals surface area contributed by atoms with Gasteiger partial charge in [0.2, 0.25) is 6.79 Å². The number of aliphatic hydroxyl groups excluding tert-OH is 1. The van der Waals surface area contributed by atoms with E-state index in [0.717, 1.165) is 5.56 Å². The molecule has 1 aliphatic heterocycles. The molecule has 6 heteroatoms. The van der Waals surface area contributed by atoms with Crippen LogP contribution in [0, 0.1) is 0 Å². The molecule has 0 saturated carbocycles. The summed E-state index contributed by atoms with van der Waals surface area (Å²) in [5, 5.41) is 10.8. The van der Waals surface area contributed by atoms with E-state index in [9.17, 15) is 5.11 Å². The Kier molecular flexibility index (Phi) is 5.53. The van der Waals surface area contributed by atoms with Crippen molar-refractivity contribution < 1.29 is 14.6 Å². The molecule has 2 aromatic rings. The fraction of sp³-hybridized carbons (Fsp3) is 0.250. The standard InChI is InChI=1S/C16H16ClNO3.ClH/c17-12-8-15-14(20-9-21-15)7-11(12)16(18)13(19)6-10-4-2-1-3-5-10;/h1-5,7-8,13,16,19H,6,9,18H2;1H/t13-,16+;/m0./s1. The van der Waals surface area contributed by atoms with Crippen molar-refractivity contribution in [2.24, 2.45) is 5.73 Å². The monoisotopic (exact) mass is 341 g/mol. The first kappa shape index (κ1) is 16.9. The van der Waals surface area contributed by atoms with E-state index >= 15 is 0 Å². The van der Waals surface area contributed by atoms with E-state index in [1.807, 2.05) is 30.3 Å². The minimum absolute atomic E-state index is 0. The number of hydrogen-bond donors (Lipinski definition) is 2. The zero-order valence-electron chi connectivity index (χ0n) is 11.7. The van der Waals surface area contributed by atoms with E-state index in [0.29, 0.717) is 28.5 Å². The van der Waals surface area contributed by atoms with Crippen LogP contribution >= 0.6 is 24.0 Å². The molecule has 0 amide bonds. The highest BCUT2D eigenvalue weighted by atomic mass is 35.5. The second-order valence-corrected chi connectivity index (χ2v) is 5.42. The third-order valence-corrected chi connectivity index (χ3v) is 3.88. The molecule has 2 atom stereocenters. The largest absolute Gasteiger partial charge is 0.454 e. The number of halogens is 2. The Balaban J connectivity index is 0.00000176. The molecule has 1 heterocycles. The van der Waals surface area contributed by atoms with Crippen molar-refractivity contribution in [3.8, 4) is 11.5 Å². The van der Waals surface area contributed by atoms with Crippen LogP contribution in [0.3, 0.4) is 0 Å². The molecule has 0 aliphatic carbocycles. The lowest BCUT2D eigenvalue weighted by atomic mass is 9.96. The van der Waals surface area contributed by atoms with Gasteiger partial charge in [0.1, 0.15) is 0 Å². The second kappa shape index (κ2) is 7.20. The lowest BCUT2D eigenvalue weighted by Crippen LogP contribution is -2.28. The van der Waals surface area contributed by atoms with E-state index in [4.69, 9.17) is 26.8 Å². The Labute approximate surface area is 140 Å². The quantitative estimate of drug-likeness (QED) is 0.896. The minimum atomic E-state index is -0.731. The molecule has 0 radical (unpaired) electrons. The summed E-state index contributed by atoms with van der Waals surface area (Å²) in [6, 6.07) is 12.5. The fourth-order valence-corrected chi connectivity index (χ4v) is 2.66. The zero-order chi connectivity index (χ0) is 14.8. The molecule has 22 heavy (non-hydrogen) atoms. The van der Waals surface area contributed by atoms with Crippen LogP contribution < -0.4 is 15.2 Å². The first-order valence-corrected chi connectivity index (χ1v) is 7.09. The molecule has 0 unspecified atom stereocenters. The highest BCUT2D eigenvalue weighted by Gasteiger charge is 2.24. The van der Waals surface area contributed by atoms with Crippen LogP contribution in [-0.2, 0) is 6.42 Å². The van der Waals surface area contributed by atoms with Gasteiger partial charge < -0.3 is 20.3 Å². The number of nitrogens with two attached hydrogens (primary N) is 1. The van der Waals surface area contributed by atoms with Gasteiger partial charge in [-0.1, -0.05) is 41.9 Å². The number of fused-ring (bicyclic) bond motifs is 1. The summed E-state index contributed by atoms with van der Waals surface area (Å²) in [5.41, 5.74) is 7.83. The molecular formula is C16H17Cl2NO3. The van der Waals surface area contributed by atoms with Crippen LogP contribution in [0.15, 0.2) is 42.5 Å². The smallest absolute Gasteiger partial charge is 0.231 e. The number of aliphatic hydroxyl groups is 1. The summed E-state index contributed by atoms with van der Waals surface area (Å²) < 4.78 is 10.6. The summed E-state index contributed by atoms with van der Waals surface area (Å²) in [6.45, 7) is 0.178. The van der Waals surface area contributed by atoms with Gasteiger partial charge in [0.05, 0.1) is 12.1 Å². The maximum atomic E-state index is 10.3. The third kappa shape index (κ3) is 3.47. The lowest BCUT2D eigenvalue weighted by molar-refractivity contribution is 0.145. The number of hydrogen-bond acceptors (Lipinski definition) is 4. The van der Waals surface area contributed by atoms with E-state index in [-0.39, 0.29) is 19.2 Å². The fourth-order valence-electron chi connectivity index (χ4n) is 2.38. The van der Waals surface area contributed by atoms with Gasteiger partial charge in [-0.05, 0) is 17.2 Å². The number of ether oxygens (including phenoxy) is 2. The van der Waals surface area contributed by atoms with Crippen molar-refractivity contribution in [1.29, 1.82) is 0 Å². The van der Waals surface area contributed by atoms with E-state index in [1.165, 1.54) is 0 Å². The molecule has 0 saturated heterocycles. The van der Waals surface area contributed by atoms with Gasteiger partial charge in [0, 0.05) is 17.5 Å². The van der Waals surface area contributed by atoms with Gasteiger partial charge >= 0.3 is 0 Å². The van der Waals surface area contributed by atoms with Gasteiger partial charge in [-0.25, -0.2) is 0 Å². The van der Waals surface area contributed by atoms with E-state index in [1.54, 1.807) is 12.1 Å². The maximum Gasteiger partial charge on any atom is 0.231 e. The normalized spacial score (nSPS) is 15.0. The Morgan fingerprint density at radius 2 is 1.77 bits per heavy atom. The molecule has 0 bridgehead atoms. The summed E-state index contributed by atoms with van der Waals surface area (Å²) in [4.78, 5) is 0. The average Bonchev–Trinajstić information content (AvgIpc) is 2.93. The van der Waals surface area contributed by atoms with Crippen molar-refractivity contribution >= 4 is 24.0 Å². The van der Waals surface area contributed by atoms with Crippen molar-refractivity contribution in [3.63, 3.8) is 0 Å². The number of benzene rings is 2. The summed E-state index contributed by atoms with van der Waals surface area (Å²) >= 11 is 6.22. The molecule has 0 aromatic heterocycles. The molecular weight excluding hydrogens is 325 g/mol. The summed E-state index contributed by atoms with van der Waals surface area (Å²) in [6.07, 6.45) is -0.266. The second-order valence-electron chi connectivity index (χ2n) is 5.01. The molecule has 4 nitrogen and oxygen atoms in total. The van der Waals surface area contributed by atoms with Gasteiger partial charge in [-0.2, -0.15) is 0 Å². The average molecular weight is 342 g/mol. The van der Waals surface area contributed by atoms with Gasteiger partial charge in [0.25, 0.3) is 0 Å². The van der Waals surface area contributed by atoms with Crippen LogP contribution in [0.1, 0.15) is 17.2 Å². The van der Waals surface area contributed by atoms with Crippen LogP contribution in [0.4, 0.5) is 0 Å². The first-order chi connectivity index (χ1) is 10.1. The molecule has 1 aliphatic rings. The van der Waals surface area contributed by atoms with Crippen LogP contribution in [0.25, 0.3) is 0 Å². The van der Waals surface area contributed by atoms with Gasteiger partial charge in [-0.15, -0.1) is 12.4 Å². The van der Waals surface area contributed by atoms with Crippen LogP contribution in [0.5, 0.6) is 11.5 Å². The van der Waals surface area contributed by atoms with Crippen molar-refractivity contribution in [2.45, 2.75) is 18.6 Å². The minimum Gasteiger partial charge on any atom is -0.454 e. The molecule has 0 spiro atoms. The van der Waals surface area contributed by atoms with Crippen molar-refractivity contribution in [1.82, 2.24) is 0 Å². The van der Waals surface area contributed by atoms with Crippen LogP contribution in [-0.4, -0.2) is 18.0 Å². The van der Waals surface area contributed by atoms with Gasteiger partial charge in [0.15, 0.2) is 11.5 Å². The molecule has 118 valence electrons. The highest BCUT2D eigenvalue weighted by molar-refractivity contribution is 6.31. The van der Waals surface area contributed by atoms with Gasteiger partial charge in [-0.3, -0.25) is 0 Å². The van der Waals surface area contributed by atoms with Crippen molar-refractivity contribution in [3.05, 3.63) is 58.6 Å². The number of rotatable bonds is 4. The summed E-state index contributed by atoms with van der Waals surface area (Å²) in [7, 11) is 0. The highest BCUT2D eigenvalue weighted by Crippen LogP contribution is 2.39. The Hall–Kier alpha value is -1.46. The molecule has 0 fully saturated rings. The maximum absolute atomic E-state index is 10.3. The predicted molar refractivity (Wildman–Crippen MR) is 87.9 cm³/mol. The Morgan fingerprint density at radius 1 is 1.14 bits per heavy atom. The van der Waals surface area contributed by atoms with E-state index in [2.05, 4.69) is 0 Å². The predicted octanol–water partition coefficient (Wildman–Crippen LogP) is 3.09. The zero-order valence-corrected chi connectivity index (χ0v) is 13.3. The summed E-state index contributed by atoms with van der Waals surface area (Å²) in [5.74, 6) is 1.21.